The van der Waals surface area contributed by atoms with Crippen LogP contribution in [-0.2, 0) is 20.7 Å². The summed E-state index contributed by atoms with van der Waals surface area (Å²) in [4.78, 5) is 25.3. The van der Waals surface area contributed by atoms with E-state index in [4.69, 9.17) is 9.84 Å². The molecule has 1 saturated heterocycles. The molecule has 1 aliphatic heterocycles. The van der Waals surface area contributed by atoms with E-state index in [1.165, 1.54) is 0 Å². The molecular weight excluding hydrogens is 282 g/mol. The highest BCUT2D eigenvalue weighted by atomic mass is 16.5. The van der Waals surface area contributed by atoms with E-state index in [-0.39, 0.29) is 24.5 Å². The molecule has 0 radical (unpaired) electrons. The van der Waals surface area contributed by atoms with Gasteiger partial charge in [0, 0.05) is 19.7 Å². The highest BCUT2D eigenvalue weighted by molar-refractivity contribution is 5.81. The third-order valence-electron chi connectivity index (χ3n) is 4.41. The predicted molar refractivity (Wildman–Crippen MR) is 82.8 cm³/mol. The summed E-state index contributed by atoms with van der Waals surface area (Å²) in [5.74, 6) is -0.908. The maximum atomic E-state index is 12.6. The standard InChI is InChI=1S/C17H23NO4/c1-11-5-4-6-12(2)15(11)9-16(19)18-10-14(22-3)7-13(18)8-17(20)21/h4-6,13-14H,7-10H2,1-3H3,(H,20,21). The van der Waals surface area contributed by atoms with Crippen molar-refractivity contribution in [1.29, 1.82) is 0 Å². The molecule has 120 valence electrons. The number of nitrogens with zero attached hydrogens (tertiary/aromatic N) is 1. The number of carboxylic acids is 1. The summed E-state index contributed by atoms with van der Waals surface area (Å²) in [5.41, 5.74) is 3.21. The average molecular weight is 305 g/mol. The molecule has 1 aromatic rings. The van der Waals surface area contributed by atoms with Gasteiger partial charge in [0.1, 0.15) is 0 Å². The van der Waals surface area contributed by atoms with E-state index in [2.05, 4.69) is 0 Å². The van der Waals surface area contributed by atoms with E-state index in [1.807, 2.05) is 32.0 Å². The van der Waals surface area contributed by atoms with Gasteiger partial charge in [0.05, 0.1) is 18.9 Å². The molecule has 0 spiro atoms. The largest absolute Gasteiger partial charge is 0.481 e. The number of carbonyl (C=O) groups excluding carboxylic acids is 1. The molecule has 0 aromatic heterocycles. The summed E-state index contributed by atoms with van der Waals surface area (Å²) in [6.45, 7) is 4.46. The minimum absolute atomic E-state index is 0.0248. The normalized spacial score (nSPS) is 21.1. The van der Waals surface area contributed by atoms with Crippen molar-refractivity contribution in [2.24, 2.45) is 0 Å². The zero-order chi connectivity index (χ0) is 16.3. The van der Waals surface area contributed by atoms with Crippen molar-refractivity contribution in [2.45, 2.75) is 45.3 Å². The SMILES string of the molecule is COC1CC(CC(=O)O)N(C(=O)Cc2c(C)cccc2C)C1. The lowest BCUT2D eigenvalue weighted by Crippen LogP contribution is -2.38. The second-order valence-electron chi connectivity index (χ2n) is 5.94. The first-order valence-electron chi connectivity index (χ1n) is 7.51. The van der Waals surface area contributed by atoms with Gasteiger partial charge >= 0.3 is 5.97 Å². The van der Waals surface area contributed by atoms with Crippen LogP contribution in [0.4, 0.5) is 0 Å². The van der Waals surface area contributed by atoms with Crippen LogP contribution in [-0.4, -0.2) is 47.7 Å². The van der Waals surface area contributed by atoms with Crippen LogP contribution >= 0.6 is 0 Å². The third kappa shape index (κ3) is 3.65. The summed E-state index contributed by atoms with van der Waals surface area (Å²) in [5, 5.41) is 9.03. The van der Waals surface area contributed by atoms with Crippen LogP contribution < -0.4 is 0 Å². The molecule has 2 rings (SSSR count). The Morgan fingerprint density at radius 2 is 1.95 bits per heavy atom. The van der Waals surface area contributed by atoms with Crippen molar-refractivity contribution in [2.75, 3.05) is 13.7 Å². The second-order valence-corrected chi connectivity index (χ2v) is 5.94. The summed E-state index contributed by atoms with van der Waals surface area (Å²) >= 11 is 0. The Labute approximate surface area is 130 Å². The van der Waals surface area contributed by atoms with E-state index in [0.717, 1.165) is 16.7 Å². The summed E-state index contributed by atoms with van der Waals surface area (Å²) in [6, 6.07) is 5.68. The molecule has 22 heavy (non-hydrogen) atoms. The van der Waals surface area contributed by atoms with Crippen LogP contribution in [0, 0.1) is 13.8 Å². The molecule has 1 heterocycles. The van der Waals surface area contributed by atoms with Crippen molar-refractivity contribution in [3.63, 3.8) is 0 Å². The number of rotatable bonds is 5. The second kappa shape index (κ2) is 6.92. The molecule has 1 aliphatic rings. The van der Waals surface area contributed by atoms with Crippen LogP contribution in [0.5, 0.6) is 0 Å². The lowest BCUT2D eigenvalue weighted by molar-refractivity contribution is -0.139. The molecule has 0 bridgehead atoms. The molecule has 5 heteroatoms. The lowest BCUT2D eigenvalue weighted by Gasteiger charge is -2.24. The maximum Gasteiger partial charge on any atom is 0.305 e. The Bertz CT molecular complexity index is 550. The zero-order valence-electron chi connectivity index (χ0n) is 13.3. The number of aryl methyl sites for hydroxylation is 2. The Morgan fingerprint density at radius 3 is 2.50 bits per heavy atom. The van der Waals surface area contributed by atoms with Crippen LogP contribution in [0.3, 0.4) is 0 Å². The molecule has 0 aliphatic carbocycles. The Balaban J connectivity index is 2.14. The zero-order valence-corrected chi connectivity index (χ0v) is 13.3. The van der Waals surface area contributed by atoms with Gasteiger partial charge in [-0.05, 0) is 37.0 Å². The number of carbonyl (C=O) groups is 2. The van der Waals surface area contributed by atoms with Crippen LogP contribution in [0.2, 0.25) is 0 Å². The van der Waals surface area contributed by atoms with Crippen molar-refractivity contribution in [1.82, 2.24) is 4.90 Å². The fourth-order valence-electron chi connectivity index (χ4n) is 3.13. The fraction of sp³-hybridized carbons (Fsp3) is 0.529. The smallest absolute Gasteiger partial charge is 0.305 e. The Hall–Kier alpha value is -1.88. The molecule has 1 N–H and O–H groups in total. The van der Waals surface area contributed by atoms with Gasteiger partial charge in [-0.15, -0.1) is 0 Å². The highest BCUT2D eigenvalue weighted by Gasteiger charge is 2.36. The number of benzene rings is 1. The lowest BCUT2D eigenvalue weighted by atomic mass is 9.99. The van der Waals surface area contributed by atoms with E-state index >= 15 is 0 Å². The number of ether oxygens (including phenoxy) is 1. The van der Waals surface area contributed by atoms with Crippen LogP contribution in [0.15, 0.2) is 18.2 Å². The van der Waals surface area contributed by atoms with Gasteiger partial charge in [-0.25, -0.2) is 0 Å². The molecule has 1 aromatic carbocycles. The number of methoxy groups -OCH3 is 1. The summed E-state index contributed by atoms with van der Waals surface area (Å²) < 4.78 is 5.31. The molecule has 1 amide bonds. The topological polar surface area (TPSA) is 66.8 Å². The fourth-order valence-corrected chi connectivity index (χ4v) is 3.13. The Morgan fingerprint density at radius 1 is 1.32 bits per heavy atom. The van der Waals surface area contributed by atoms with E-state index in [0.29, 0.717) is 19.4 Å². The quantitative estimate of drug-likeness (QED) is 0.903. The van der Waals surface area contributed by atoms with Gasteiger partial charge in [-0.1, -0.05) is 18.2 Å². The molecule has 0 saturated carbocycles. The molecule has 2 unspecified atom stereocenters. The summed E-state index contributed by atoms with van der Waals surface area (Å²) in [7, 11) is 1.60. The van der Waals surface area contributed by atoms with Crippen molar-refractivity contribution < 1.29 is 19.4 Å². The van der Waals surface area contributed by atoms with Crippen LogP contribution in [0.25, 0.3) is 0 Å². The minimum atomic E-state index is -0.883. The number of amides is 1. The number of carboxylic acid groups (broad SMARTS) is 1. The van der Waals surface area contributed by atoms with Crippen molar-refractivity contribution in [3.8, 4) is 0 Å². The molecule has 1 fully saturated rings. The number of likely N-dealkylation sites (tertiary alicyclic amines) is 1. The van der Waals surface area contributed by atoms with Crippen molar-refractivity contribution >= 4 is 11.9 Å². The third-order valence-corrected chi connectivity index (χ3v) is 4.41. The average Bonchev–Trinajstić information content (AvgIpc) is 2.85. The molecule has 5 nitrogen and oxygen atoms in total. The summed E-state index contributed by atoms with van der Waals surface area (Å²) in [6.07, 6.45) is 0.788. The predicted octanol–water partition coefficient (Wildman–Crippen LogP) is 1.94. The first kappa shape index (κ1) is 16.5. The highest BCUT2D eigenvalue weighted by Crippen LogP contribution is 2.24. The first-order valence-corrected chi connectivity index (χ1v) is 7.51. The minimum Gasteiger partial charge on any atom is -0.481 e. The van der Waals surface area contributed by atoms with Gasteiger partial charge < -0.3 is 14.7 Å². The van der Waals surface area contributed by atoms with E-state index in [1.54, 1.807) is 12.0 Å². The number of hydrogen-bond donors (Lipinski definition) is 1. The van der Waals surface area contributed by atoms with Gasteiger partial charge in [0.25, 0.3) is 0 Å². The number of aliphatic carboxylic acids is 1. The first-order chi connectivity index (χ1) is 10.4. The monoisotopic (exact) mass is 305 g/mol. The van der Waals surface area contributed by atoms with Crippen LogP contribution in [0.1, 0.15) is 29.5 Å². The molecule has 2 atom stereocenters. The van der Waals surface area contributed by atoms with Gasteiger partial charge in [-0.3, -0.25) is 9.59 Å². The number of hydrogen-bond acceptors (Lipinski definition) is 3. The van der Waals surface area contributed by atoms with Crippen molar-refractivity contribution in [3.05, 3.63) is 34.9 Å². The van der Waals surface area contributed by atoms with E-state index < -0.39 is 5.97 Å². The molecular formula is C17H23NO4. The Kier molecular flexibility index (Phi) is 5.19. The van der Waals surface area contributed by atoms with E-state index in [9.17, 15) is 9.59 Å². The van der Waals surface area contributed by atoms with Gasteiger partial charge in [0.2, 0.25) is 5.91 Å². The van der Waals surface area contributed by atoms with Gasteiger partial charge in [-0.2, -0.15) is 0 Å². The maximum absolute atomic E-state index is 12.6. The van der Waals surface area contributed by atoms with Gasteiger partial charge in [0.15, 0.2) is 0 Å².